The van der Waals surface area contributed by atoms with Gasteiger partial charge < -0.3 is 15.4 Å². The SMILES string of the molecule is COC(=O)[C@@H](NC(=O)C(F)(F)C(Nc1ccccc1)c1ccccc1)C(C)C. The molecule has 0 saturated carbocycles. The number of nitrogens with one attached hydrogen (secondary N) is 2. The van der Waals surface area contributed by atoms with E-state index in [2.05, 4.69) is 15.4 Å². The van der Waals surface area contributed by atoms with E-state index in [1.54, 1.807) is 62.4 Å². The van der Waals surface area contributed by atoms with E-state index in [1.165, 1.54) is 12.1 Å². The molecule has 2 aromatic carbocycles. The van der Waals surface area contributed by atoms with E-state index in [1.807, 2.05) is 0 Å². The van der Waals surface area contributed by atoms with Gasteiger partial charge in [-0.1, -0.05) is 62.4 Å². The van der Waals surface area contributed by atoms with Crippen LogP contribution in [0.25, 0.3) is 0 Å². The molecule has 2 aromatic rings. The van der Waals surface area contributed by atoms with Crippen molar-refractivity contribution < 1.29 is 23.1 Å². The second kappa shape index (κ2) is 9.30. The van der Waals surface area contributed by atoms with Crippen LogP contribution in [0.4, 0.5) is 14.5 Å². The van der Waals surface area contributed by atoms with Crippen molar-refractivity contribution in [1.29, 1.82) is 0 Å². The second-order valence-corrected chi connectivity index (χ2v) is 6.70. The maximum absolute atomic E-state index is 15.2. The first-order valence-electron chi connectivity index (χ1n) is 8.90. The number of carbonyl (C=O) groups is 2. The number of alkyl halides is 2. The van der Waals surface area contributed by atoms with Crippen molar-refractivity contribution in [1.82, 2.24) is 5.32 Å². The molecule has 0 radical (unpaired) electrons. The Morgan fingerprint density at radius 3 is 2.00 bits per heavy atom. The number of amides is 1. The lowest BCUT2D eigenvalue weighted by Crippen LogP contribution is -2.53. The van der Waals surface area contributed by atoms with E-state index in [9.17, 15) is 9.59 Å². The summed E-state index contributed by atoms with van der Waals surface area (Å²) >= 11 is 0. The largest absolute Gasteiger partial charge is 0.467 e. The molecule has 0 bridgehead atoms. The fourth-order valence-corrected chi connectivity index (χ4v) is 2.72. The summed E-state index contributed by atoms with van der Waals surface area (Å²) in [5.41, 5.74) is 0.683. The van der Waals surface area contributed by atoms with Gasteiger partial charge in [-0.3, -0.25) is 4.79 Å². The molecular weight excluding hydrogens is 366 g/mol. The first-order chi connectivity index (χ1) is 13.3. The predicted molar refractivity (Wildman–Crippen MR) is 103 cm³/mol. The van der Waals surface area contributed by atoms with Gasteiger partial charge in [0.15, 0.2) is 0 Å². The zero-order chi connectivity index (χ0) is 20.7. The maximum atomic E-state index is 15.2. The zero-order valence-corrected chi connectivity index (χ0v) is 16.0. The van der Waals surface area contributed by atoms with Crippen LogP contribution in [0.5, 0.6) is 0 Å². The van der Waals surface area contributed by atoms with Crippen molar-refractivity contribution in [2.24, 2.45) is 5.92 Å². The number of rotatable bonds is 8. The first kappa shape index (κ1) is 21.3. The Balaban J connectivity index is 2.34. The van der Waals surface area contributed by atoms with Crippen LogP contribution >= 0.6 is 0 Å². The Hall–Kier alpha value is -2.96. The van der Waals surface area contributed by atoms with Crippen LogP contribution in [0.3, 0.4) is 0 Å². The number of ether oxygens (including phenoxy) is 1. The highest BCUT2D eigenvalue weighted by Gasteiger charge is 2.49. The molecule has 2 rings (SSSR count). The highest BCUT2D eigenvalue weighted by molar-refractivity contribution is 5.89. The van der Waals surface area contributed by atoms with E-state index in [0.717, 1.165) is 7.11 Å². The molecule has 0 aliphatic rings. The van der Waals surface area contributed by atoms with E-state index >= 15 is 8.78 Å². The molecule has 7 heteroatoms. The molecule has 150 valence electrons. The Kier molecular flexibility index (Phi) is 7.09. The van der Waals surface area contributed by atoms with Crippen LogP contribution in [0.2, 0.25) is 0 Å². The molecule has 0 spiro atoms. The molecule has 0 heterocycles. The van der Waals surface area contributed by atoms with Gasteiger partial charge in [-0.05, 0) is 23.6 Å². The number of methoxy groups -OCH3 is 1. The summed E-state index contributed by atoms with van der Waals surface area (Å²) in [6.45, 7) is 3.27. The van der Waals surface area contributed by atoms with Gasteiger partial charge in [-0.2, -0.15) is 8.78 Å². The topological polar surface area (TPSA) is 67.4 Å². The molecule has 0 aromatic heterocycles. The molecule has 5 nitrogen and oxygen atoms in total. The number of esters is 1. The standard InChI is InChI=1S/C21H24F2N2O3/c1-14(2)17(19(26)28-3)25-20(27)21(22,23)18(15-10-6-4-7-11-15)24-16-12-8-5-9-13-16/h4-14,17-18,24H,1-3H3,(H,25,27)/t17-,18?/m0/s1. The fourth-order valence-electron chi connectivity index (χ4n) is 2.72. The predicted octanol–water partition coefficient (Wildman–Crippen LogP) is 3.79. The van der Waals surface area contributed by atoms with Gasteiger partial charge in [-0.25, -0.2) is 4.79 Å². The Bertz CT molecular complexity index is 783. The average molecular weight is 390 g/mol. The van der Waals surface area contributed by atoms with E-state index in [0.29, 0.717) is 5.69 Å². The van der Waals surface area contributed by atoms with Crippen LogP contribution in [-0.4, -0.2) is 31.0 Å². The molecule has 0 aliphatic carbocycles. The Labute approximate surface area is 163 Å². The van der Waals surface area contributed by atoms with E-state index in [-0.39, 0.29) is 5.56 Å². The molecule has 1 amide bonds. The van der Waals surface area contributed by atoms with Crippen LogP contribution < -0.4 is 10.6 Å². The van der Waals surface area contributed by atoms with Gasteiger partial charge in [0.2, 0.25) is 0 Å². The number of para-hydroxylation sites is 1. The second-order valence-electron chi connectivity index (χ2n) is 6.70. The van der Waals surface area contributed by atoms with Crippen LogP contribution in [-0.2, 0) is 14.3 Å². The quantitative estimate of drug-likeness (QED) is 0.673. The summed E-state index contributed by atoms with van der Waals surface area (Å²) in [6, 6.07) is 13.6. The van der Waals surface area contributed by atoms with Crippen LogP contribution in [0.15, 0.2) is 60.7 Å². The number of carbonyl (C=O) groups excluding carboxylic acids is 2. The highest BCUT2D eigenvalue weighted by atomic mass is 19.3. The zero-order valence-electron chi connectivity index (χ0n) is 16.0. The number of hydrogen-bond donors (Lipinski definition) is 2. The molecule has 1 unspecified atom stereocenters. The molecule has 0 aliphatic heterocycles. The van der Waals surface area contributed by atoms with Crippen molar-refractivity contribution in [3.63, 3.8) is 0 Å². The summed E-state index contributed by atoms with van der Waals surface area (Å²) in [5.74, 6) is -6.57. The fraction of sp³-hybridized carbons (Fsp3) is 0.333. The average Bonchev–Trinajstić information content (AvgIpc) is 2.70. The molecular formula is C21H24F2N2O3. The summed E-state index contributed by atoms with van der Waals surface area (Å²) < 4.78 is 35.0. The number of hydrogen-bond acceptors (Lipinski definition) is 4. The van der Waals surface area contributed by atoms with E-state index < -0.39 is 35.8 Å². The lowest BCUT2D eigenvalue weighted by molar-refractivity contribution is -0.155. The van der Waals surface area contributed by atoms with Crippen molar-refractivity contribution in [2.45, 2.75) is 31.9 Å². The van der Waals surface area contributed by atoms with Crippen LogP contribution in [0.1, 0.15) is 25.5 Å². The van der Waals surface area contributed by atoms with Gasteiger partial charge in [0, 0.05) is 5.69 Å². The lowest BCUT2D eigenvalue weighted by Gasteiger charge is -2.30. The summed E-state index contributed by atoms with van der Waals surface area (Å²) in [7, 11) is 1.14. The van der Waals surface area contributed by atoms with Crippen molar-refractivity contribution in [2.75, 3.05) is 12.4 Å². The number of benzene rings is 2. The minimum Gasteiger partial charge on any atom is -0.467 e. The van der Waals surface area contributed by atoms with Crippen molar-refractivity contribution >= 4 is 17.6 Å². The maximum Gasteiger partial charge on any atom is 0.348 e. The smallest absolute Gasteiger partial charge is 0.348 e. The normalized spacial score (nSPS) is 13.5. The number of halogens is 2. The van der Waals surface area contributed by atoms with Crippen molar-refractivity contribution in [3.8, 4) is 0 Å². The summed E-state index contributed by atoms with van der Waals surface area (Å²) in [5, 5.41) is 4.88. The van der Waals surface area contributed by atoms with Gasteiger partial charge in [0.25, 0.3) is 5.91 Å². The van der Waals surface area contributed by atoms with Gasteiger partial charge in [-0.15, -0.1) is 0 Å². The third-order valence-corrected chi connectivity index (χ3v) is 4.29. The van der Waals surface area contributed by atoms with Gasteiger partial charge in [0.1, 0.15) is 12.1 Å². The molecule has 0 saturated heterocycles. The van der Waals surface area contributed by atoms with E-state index in [4.69, 9.17) is 0 Å². The van der Waals surface area contributed by atoms with Gasteiger partial charge >= 0.3 is 11.9 Å². The third kappa shape index (κ3) is 5.06. The highest BCUT2D eigenvalue weighted by Crippen LogP contribution is 2.35. The third-order valence-electron chi connectivity index (χ3n) is 4.29. The molecule has 2 N–H and O–H groups in total. The molecule has 28 heavy (non-hydrogen) atoms. The van der Waals surface area contributed by atoms with Crippen LogP contribution in [0, 0.1) is 5.92 Å². The molecule has 0 fully saturated rings. The van der Waals surface area contributed by atoms with Gasteiger partial charge in [0.05, 0.1) is 7.11 Å². The Morgan fingerprint density at radius 1 is 0.964 bits per heavy atom. The number of anilines is 1. The van der Waals surface area contributed by atoms with Crippen molar-refractivity contribution in [3.05, 3.63) is 66.2 Å². The summed E-state index contributed by atoms with van der Waals surface area (Å²) in [6.07, 6.45) is 0. The minimum absolute atomic E-state index is 0.241. The minimum atomic E-state index is -3.83. The summed E-state index contributed by atoms with van der Waals surface area (Å²) in [4.78, 5) is 24.3. The molecule has 2 atom stereocenters. The monoisotopic (exact) mass is 390 g/mol. The lowest BCUT2D eigenvalue weighted by atomic mass is 9.98. The Morgan fingerprint density at radius 2 is 1.50 bits per heavy atom. The first-order valence-corrected chi connectivity index (χ1v) is 8.90.